The van der Waals surface area contributed by atoms with Crippen molar-refractivity contribution < 1.29 is 49.3 Å². The highest BCUT2D eigenvalue weighted by atomic mass is 16.7. The SMILES string of the molecule is O=C(O)C1O[C@@H](Oc2c(O)cc3oc(-c4ccccc4)cc(=O)c3c2O)C(O)[C@@H](O)[C@@H]1O. The van der Waals surface area contributed by atoms with Crippen molar-refractivity contribution >= 4 is 16.9 Å². The van der Waals surface area contributed by atoms with E-state index in [1.165, 1.54) is 0 Å². The van der Waals surface area contributed by atoms with Gasteiger partial charge in [-0.2, -0.15) is 0 Å². The molecule has 168 valence electrons. The third-order valence-corrected chi connectivity index (χ3v) is 5.03. The molecule has 2 aromatic carbocycles. The van der Waals surface area contributed by atoms with E-state index in [1.807, 2.05) is 0 Å². The van der Waals surface area contributed by atoms with Crippen molar-refractivity contribution in [3.63, 3.8) is 0 Å². The van der Waals surface area contributed by atoms with Crippen molar-refractivity contribution in [1.29, 1.82) is 0 Å². The predicted molar refractivity (Wildman–Crippen MR) is 106 cm³/mol. The van der Waals surface area contributed by atoms with Crippen molar-refractivity contribution in [2.24, 2.45) is 0 Å². The predicted octanol–water partition coefficient (Wildman–Crippen LogP) is 0.142. The first-order valence-electron chi connectivity index (χ1n) is 9.36. The minimum atomic E-state index is -1.96. The lowest BCUT2D eigenvalue weighted by molar-refractivity contribution is -0.271. The van der Waals surface area contributed by atoms with E-state index in [0.717, 1.165) is 12.1 Å². The normalized spacial score (nSPS) is 25.5. The molecular weight excluding hydrogens is 428 g/mol. The van der Waals surface area contributed by atoms with E-state index in [4.69, 9.17) is 19.0 Å². The first kappa shape index (κ1) is 21.6. The maximum atomic E-state index is 12.7. The van der Waals surface area contributed by atoms with Gasteiger partial charge in [0.2, 0.25) is 12.0 Å². The number of hydrogen-bond donors (Lipinski definition) is 6. The zero-order valence-corrected chi connectivity index (χ0v) is 16.2. The molecule has 3 aromatic rings. The fourth-order valence-corrected chi connectivity index (χ4v) is 3.40. The number of fused-ring (bicyclic) bond motifs is 1. The number of carbonyl (C=O) groups is 1. The van der Waals surface area contributed by atoms with Crippen LogP contribution in [0.4, 0.5) is 0 Å². The van der Waals surface area contributed by atoms with Gasteiger partial charge in [0, 0.05) is 17.7 Å². The van der Waals surface area contributed by atoms with Crippen LogP contribution in [-0.2, 0) is 9.53 Å². The highest BCUT2D eigenvalue weighted by Crippen LogP contribution is 2.43. The minimum Gasteiger partial charge on any atom is -0.504 e. The molecule has 2 unspecified atom stereocenters. The van der Waals surface area contributed by atoms with Crippen molar-refractivity contribution in [3.8, 4) is 28.6 Å². The average molecular weight is 446 g/mol. The summed E-state index contributed by atoms with van der Waals surface area (Å²) < 4.78 is 15.8. The molecule has 2 heterocycles. The summed E-state index contributed by atoms with van der Waals surface area (Å²) in [6.07, 6.45) is -9.71. The van der Waals surface area contributed by atoms with Crippen LogP contribution in [0.3, 0.4) is 0 Å². The minimum absolute atomic E-state index is 0.164. The van der Waals surface area contributed by atoms with Gasteiger partial charge in [0.15, 0.2) is 23.0 Å². The fraction of sp³-hybridized carbons (Fsp3) is 0.238. The summed E-state index contributed by atoms with van der Waals surface area (Å²) >= 11 is 0. The second kappa shape index (κ2) is 8.13. The Bertz CT molecular complexity index is 1220. The van der Waals surface area contributed by atoms with Crippen LogP contribution in [0.5, 0.6) is 17.2 Å². The number of hydrogen-bond acceptors (Lipinski definition) is 10. The first-order chi connectivity index (χ1) is 15.2. The summed E-state index contributed by atoms with van der Waals surface area (Å²) in [6.45, 7) is 0. The van der Waals surface area contributed by atoms with E-state index < -0.39 is 59.4 Å². The van der Waals surface area contributed by atoms with Crippen molar-refractivity contribution in [2.45, 2.75) is 30.7 Å². The molecule has 5 atom stereocenters. The van der Waals surface area contributed by atoms with Crippen LogP contribution in [0.15, 0.2) is 51.7 Å². The Morgan fingerprint density at radius 2 is 1.66 bits per heavy atom. The number of benzene rings is 2. The van der Waals surface area contributed by atoms with Gasteiger partial charge in [-0.1, -0.05) is 30.3 Å². The van der Waals surface area contributed by atoms with Crippen LogP contribution in [-0.4, -0.2) is 67.3 Å². The third-order valence-electron chi connectivity index (χ3n) is 5.03. The topological polar surface area (TPSA) is 187 Å². The number of aliphatic hydroxyl groups is 3. The Kier molecular flexibility index (Phi) is 5.48. The van der Waals surface area contributed by atoms with Gasteiger partial charge in [0.1, 0.15) is 35.0 Å². The van der Waals surface area contributed by atoms with Gasteiger partial charge in [0.05, 0.1) is 0 Å². The fourth-order valence-electron chi connectivity index (χ4n) is 3.40. The molecular formula is C21H18O11. The van der Waals surface area contributed by atoms with E-state index in [1.54, 1.807) is 30.3 Å². The zero-order chi connectivity index (χ0) is 23.2. The summed E-state index contributed by atoms with van der Waals surface area (Å²) in [6, 6.07) is 10.8. The summed E-state index contributed by atoms with van der Waals surface area (Å²) in [5.41, 5.74) is -0.254. The largest absolute Gasteiger partial charge is 0.504 e. The molecule has 1 fully saturated rings. The van der Waals surface area contributed by atoms with Crippen LogP contribution in [0.25, 0.3) is 22.3 Å². The van der Waals surface area contributed by atoms with Crippen molar-refractivity contribution in [3.05, 3.63) is 52.7 Å². The molecule has 0 radical (unpaired) electrons. The molecule has 0 bridgehead atoms. The van der Waals surface area contributed by atoms with Crippen LogP contribution in [0.1, 0.15) is 0 Å². The molecule has 0 aliphatic carbocycles. The van der Waals surface area contributed by atoms with Crippen LogP contribution >= 0.6 is 0 Å². The zero-order valence-electron chi connectivity index (χ0n) is 16.2. The number of phenols is 2. The van der Waals surface area contributed by atoms with Gasteiger partial charge in [-0.15, -0.1) is 0 Å². The lowest BCUT2D eigenvalue weighted by atomic mass is 9.99. The van der Waals surface area contributed by atoms with Gasteiger partial charge in [0.25, 0.3) is 0 Å². The summed E-state index contributed by atoms with van der Waals surface area (Å²) in [7, 11) is 0. The van der Waals surface area contributed by atoms with E-state index in [2.05, 4.69) is 0 Å². The van der Waals surface area contributed by atoms with Gasteiger partial charge in [-0.05, 0) is 0 Å². The number of ether oxygens (including phenoxy) is 2. The number of carboxylic acid groups (broad SMARTS) is 1. The lowest BCUT2D eigenvalue weighted by Gasteiger charge is -2.38. The van der Waals surface area contributed by atoms with Crippen molar-refractivity contribution in [1.82, 2.24) is 0 Å². The Balaban J connectivity index is 1.75. The Morgan fingerprint density at radius 1 is 0.969 bits per heavy atom. The molecule has 6 N–H and O–H groups in total. The molecule has 1 aliphatic heterocycles. The number of rotatable bonds is 4. The Labute approximate surface area is 178 Å². The molecule has 0 amide bonds. The van der Waals surface area contributed by atoms with E-state index >= 15 is 0 Å². The molecule has 1 saturated heterocycles. The molecule has 1 aliphatic rings. The highest BCUT2D eigenvalue weighted by molar-refractivity contribution is 5.89. The maximum absolute atomic E-state index is 12.7. The number of aromatic hydroxyl groups is 2. The quantitative estimate of drug-likeness (QED) is 0.320. The van der Waals surface area contributed by atoms with Crippen LogP contribution < -0.4 is 10.2 Å². The van der Waals surface area contributed by atoms with Gasteiger partial charge in [-0.25, -0.2) is 4.79 Å². The van der Waals surface area contributed by atoms with E-state index in [0.29, 0.717) is 5.56 Å². The summed E-state index contributed by atoms with van der Waals surface area (Å²) in [4.78, 5) is 23.9. The molecule has 4 rings (SSSR count). The second-order valence-corrected chi connectivity index (χ2v) is 7.14. The second-order valence-electron chi connectivity index (χ2n) is 7.14. The Morgan fingerprint density at radius 3 is 2.31 bits per heavy atom. The summed E-state index contributed by atoms with van der Waals surface area (Å²) in [5.74, 6) is -3.74. The average Bonchev–Trinajstić information content (AvgIpc) is 2.76. The standard InChI is InChI=1S/C21H18O11/c22-9-6-11(8-4-2-1-3-5-8)30-12-7-10(23)18(14(24)13(9)12)31-21-17(27)15(25)16(26)19(32-21)20(28)29/h1-7,15-17,19,21,23-27H,(H,28,29)/t15-,16-,17?,19?,21+/m0/s1. The smallest absolute Gasteiger partial charge is 0.335 e. The monoisotopic (exact) mass is 446 g/mol. The third kappa shape index (κ3) is 3.63. The number of carboxylic acids is 1. The molecule has 11 heteroatoms. The molecule has 0 spiro atoms. The van der Waals surface area contributed by atoms with E-state index in [9.17, 15) is 35.1 Å². The number of aliphatic hydroxyl groups excluding tert-OH is 3. The first-order valence-corrected chi connectivity index (χ1v) is 9.36. The van der Waals surface area contributed by atoms with E-state index in [-0.39, 0.29) is 16.7 Å². The van der Waals surface area contributed by atoms with Gasteiger partial charge < -0.3 is 44.5 Å². The molecule has 32 heavy (non-hydrogen) atoms. The van der Waals surface area contributed by atoms with Gasteiger partial charge in [-0.3, -0.25) is 4.79 Å². The Hall–Kier alpha value is -3.64. The highest BCUT2D eigenvalue weighted by Gasteiger charge is 2.48. The van der Waals surface area contributed by atoms with Gasteiger partial charge >= 0.3 is 5.97 Å². The maximum Gasteiger partial charge on any atom is 0.335 e. The summed E-state index contributed by atoms with van der Waals surface area (Å²) in [5, 5.41) is 59.4. The molecule has 1 aromatic heterocycles. The number of phenolic OH excluding ortho intramolecular Hbond substituents is 2. The van der Waals surface area contributed by atoms with Crippen LogP contribution in [0, 0.1) is 0 Å². The molecule has 11 nitrogen and oxygen atoms in total. The number of aliphatic carboxylic acids is 1. The van der Waals surface area contributed by atoms with Crippen LogP contribution in [0.2, 0.25) is 0 Å². The van der Waals surface area contributed by atoms with Crippen molar-refractivity contribution in [2.75, 3.05) is 0 Å². The molecule has 0 saturated carbocycles. The lowest BCUT2D eigenvalue weighted by Crippen LogP contribution is -2.61.